The van der Waals surface area contributed by atoms with E-state index in [-0.39, 0.29) is 12.3 Å². The van der Waals surface area contributed by atoms with Gasteiger partial charge in [0.1, 0.15) is 0 Å². The van der Waals surface area contributed by atoms with Crippen LogP contribution in [0.5, 0.6) is 0 Å². The summed E-state index contributed by atoms with van der Waals surface area (Å²) in [5.74, 6) is 0. The first-order valence-electron chi connectivity index (χ1n) is 4.63. The SMILES string of the molecule is [2H]c1cccc(-c2cccc([2H])n2)n1. The normalized spacial score (nSPS) is 12.0. The molecule has 2 heterocycles. The first-order chi connectivity index (χ1) is 6.75. The summed E-state index contributed by atoms with van der Waals surface area (Å²) in [5.41, 5.74) is 1.26. The second kappa shape index (κ2) is 3.13. The van der Waals surface area contributed by atoms with Crippen molar-refractivity contribution in [2.75, 3.05) is 0 Å². The van der Waals surface area contributed by atoms with Crippen LogP contribution in [0.4, 0.5) is 0 Å². The first-order valence-corrected chi connectivity index (χ1v) is 3.63. The zero-order valence-corrected chi connectivity index (χ0v) is 6.36. The quantitative estimate of drug-likeness (QED) is 0.635. The van der Waals surface area contributed by atoms with E-state index in [2.05, 4.69) is 9.97 Å². The highest BCUT2D eigenvalue weighted by atomic mass is 14.7. The van der Waals surface area contributed by atoms with Gasteiger partial charge < -0.3 is 0 Å². The van der Waals surface area contributed by atoms with Gasteiger partial charge in [-0.05, 0) is 24.3 Å². The fraction of sp³-hybridized carbons (Fsp3) is 0. The molecule has 0 aliphatic carbocycles. The summed E-state index contributed by atoms with van der Waals surface area (Å²) < 4.78 is 14.7. The molecule has 0 radical (unpaired) electrons. The van der Waals surface area contributed by atoms with Crippen molar-refractivity contribution in [1.29, 1.82) is 0 Å². The molecule has 2 rings (SSSR count). The van der Waals surface area contributed by atoms with E-state index in [4.69, 9.17) is 2.74 Å². The maximum absolute atomic E-state index is 7.35. The molecule has 0 spiro atoms. The predicted molar refractivity (Wildman–Crippen MR) is 47.5 cm³/mol. The van der Waals surface area contributed by atoms with Crippen LogP contribution in [-0.2, 0) is 0 Å². The Morgan fingerprint density at radius 3 is 1.75 bits per heavy atom. The smallest absolute Gasteiger partial charge is 0.0886 e. The highest BCUT2D eigenvalue weighted by molar-refractivity contribution is 5.52. The van der Waals surface area contributed by atoms with E-state index in [1.807, 2.05) is 0 Å². The van der Waals surface area contributed by atoms with Crippen molar-refractivity contribution in [3.63, 3.8) is 0 Å². The largest absolute Gasteiger partial charge is 0.255 e. The van der Waals surface area contributed by atoms with Crippen molar-refractivity contribution in [3.05, 3.63) is 48.7 Å². The summed E-state index contributed by atoms with van der Waals surface area (Å²) in [5, 5.41) is 0. The van der Waals surface area contributed by atoms with Gasteiger partial charge in [-0.15, -0.1) is 0 Å². The van der Waals surface area contributed by atoms with Crippen molar-refractivity contribution in [3.8, 4) is 11.4 Å². The van der Waals surface area contributed by atoms with Gasteiger partial charge in [0.05, 0.1) is 14.1 Å². The molecule has 0 unspecified atom stereocenters. The Kier molecular flexibility index (Phi) is 1.31. The number of hydrogen-bond acceptors (Lipinski definition) is 2. The molecule has 0 atom stereocenters. The zero-order chi connectivity index (χ0) is 9.97. The van der Waals surface area contributed by atoms with E-state index >= 15 is 0 Å². The summed E-state index contributed by atoms with van der Waals surface area (Å²) in [7, 11) is 0. The van der Waals surface area contributed by atoms with Crippen LogP contribution in [-0.4, -0.2) is 9.97 Å². The average molecular weight is 158 g/mol. The fourth-order valence-electron chi connectivity index (χ4n) is 0.938. The first kappa shape index (κ1) is 5.04. The van der Waals surface area contributed by atoms with Gasteiger partial charge in [0.25, 0.3) is 0 Å². The molecule has 2 aromatic heterocycles. The number of rotatable bonds is 1. The van der Waals surface area contributed by atoms with E-state index in [1.54, 1.807) is 36.4 Å². The van der Waals surface area contributed by atoms with Crippen LogP contribution in [0.3, 0.4) is 0 Å². The number of hydrogen-bond donors (Lipinski definition) is 0. The van der Waals surface area contributed by atoms with Gasteiger partial charge in [-0.25, -0.2) is 0 Å². The third-order valence-electron chi connectivity index (χ3n) is 1.48. The molecule has 0 amide bonds. The van der Waals surface area contributed by atoms with Crippen molar-refractivity contribution >= 4 is 0 Å². The fourth-order valence-corrected chi connectivity index (χ4v) is 0.938. The maximum Gasteiger partial charge on any atom is 0.0886 e. The second-order valence-electron chi connectivity index (χ2n) is 2.30. The van der Waals surface area contributed by atoms with Crippen LogP contribution in [0.1, 0.15) is 2.74 Å². The lowest BCUT2D eigenvalue weighted by Gasteiger charge is -1.96. The van der Waals surface area contributed by atoms with Gasteiger partial charge in [0, 0.05) is 12.3 Å². The second-order valence-corrected chi connectivity index (χ2v) is 2.30. The Labute approximate surface area is 73.7 Å². The van der Waals surface area contributed by atoms with E-state index in [0.717, 1.165) is 0 Å². The minimum absolute atomic E-state index is 0.208. The summed E-state index contributed by atoms with van der Waals surface area (Å²) in [4.78, 5) is 8.01. The molecule has 2 nitrogen and oxygen atoms in total. The molecule has 58 valence electrons. The van der Waals surface area contributed by atoms with E-state index < -0.39 is 0 Å². The summed E-state index contributed by atoms with van der Waals surface area (Å²) in [6.45, 7) is 0. The molecule has 2 aromatic rings. The van der Waals surface area contributed by atoms with Gasteiger partial charge in [-0.3, -0.25) is 9.97 Å². The minimum Gasteiger partial charge on any atom is -0.255 e. The van der Waals surface area contributed by atoms with E-state index in [1.165, 1.54) is 0 Å². The number of pyridine rings is 2. The molecule has 12 heavy (non-hydrogen) atoms. The molecular weight excluding hydrogens is 148 g/mol. The summed E-state index contributed by atoms with van der Waals surface area (Å²) in [6, 6.07) is 10.3. The highest BCUT2D eigenvalue weighted by Gasteiger charge is 1.95. The highest BCUT2D eigenvalue weighted by Crippen LogP contribution is 2.10. The topological polar surface area (TPSA) is 25.8 Å². The Morgan fingerprint density at radius 1 is 0.833 bits per heavy atom. The standard InChI is InChI=1S/C10H8N2/c1-3-7-11-9(5-1)10-6-2-4-8-12-10/h1-8H/i7D,8D. The zero-order valence-electron chi connectivity index (χ0n) is 8.36. The van der Waals surface area contributed by atoms with Crippen LogP contribution in [0.15, 0.2) is 48.7 Å². The minimum atomic E-state index is 0.208. The predicted octanol–water partition coefficient (Wildman–Crippen LogP) is 2.14. The number of nitrogens with zero attached hydrogens (tertiary/aromatic N) is 2. The molecule has 2 heteroatoms. The van der Waals surface area contributed by atoms with Gasteiger partial charge in [0.2, 0.25) is 0 Å². The van der Waals surface area contributed by atoms with Gasteiger partial charge in [-0.2, -0.15) is 0 Å². The molecule has 0 saturated heterocycles. The summed E-state index contributed by atoms with van der Waals surface area (Å²) in [6.07, 6.45) is 0.416. The lowest BCUT2D eigenvalue weighted by Crippen LogP contribution is -1.83. The van der Waals surface area contributed by atoms with Crippen LogP contribution < -0.4 is 0 Å². The Morgan fingerprint density at radius 2 is 1.33 bits per heavy atom. The number of aromatic nitrogens is 2. The van der Waals surface area contributed by atoms with Gasteiger partial charge in [-0.1, -0.05) is 12.1 Å². The van der Waals surface area contributed by atoms with E-state index in [0.29, 0.717) is 11.4 Å². The van der Waals surface area contributed by atoms with Crippen LogP contribution in [0.2, 0.25) is 0 Å². The third kappa shape index (κ3) is 1.32. The van der Waals surface area contributed by atoms with Gasteiger partial charge in [0.15, 0.2) is 0 Å². The Bertz CT molecular complexity index is 414. The molecule has 0 aliphatic rings. The summed E-state index contributed by atoms with van der Waals surface area (Å²) >= 11 is 0. The Balaban J connectivity index is 2.49. The maximum atomic E-state index is 7.35. The van der Waals surface area contributed by atoms with Crippen LogP contribution >= 0.6 is 0 Å². The molecule has 0 saturated carbocycles. The molecule has 0 bridgehead atoms. The van der Waals surface area contributed by atoms with Gasteiger partial charge >= 0.3 is 0 Å². The average Bonchev–Trinajstić information content (AvgIpc) is 2.18. The van der Waals surface area contributed by atoms with Crippen LogP contribution in [0.25, 0.3) is 11.4 Å². The van der Waals surface area contributed by atoms with Crippen molar-refractivity contribution < 1.29 is 2.74 Å². The lowest BCUT2D eigenvalue weighted by molar-refractivity contribution is 1.25. The van der Waals surface area contributed by atoms with E-state index in [9.17, 15) is 0 Å². The third-order valence-corrected chi connectivity index (χ3v) is 1.48. The Hall–Kier alpha value is -1.70. The molecular formula is C10H8N2. The molecule has 0 fully saturated rings. The van der Waals surface area contributed by atoms with Crippen molar-refractivity contribution in [2.45, 2.75) is 0 Å². The van der Waals surface area contributed by atoms with Crippen LogP contribution in [0, 0.1) is 0 Å². The molecule has 0 aromatic carbocycles. The monoisotopic (exact) mass is 158 g/mol. The molecule has 0 aliphatic heterocycles. The lowest BCUT2D eigenvalue weighted by atomic mass is 10.2. The molecule has 0 N–H and O–H groups in total. The van der Waals surface area contributed by atoms with Crippen molar-refractivity contribution in [2.24, 2.45) is 0 Å². The van der Waals surface area contributed by atoms with Crippen molar-refractivity contribution in [1.82, 2.24) is 9.97 Å².